The zero-order chi connectivity index (χ0) is 11.0. The number of hydrogen-bond donors (Lipinski definition) is 0. The molecule has 1 atom stereocenters. The summed E-state index contributed by atoms with van der Waals surface area (Å²) in [4.78, 5) is 0. The van der Waals surface area contributed by atoms with Gasteiger partial charge in [-0.1, -0.05) is 37.3 Å². The van der Waals surface area contributed by atoms with Crippen molar-refractivity contribution in [2.24, 2.45) is 0 Å². The first-order valence-electron chi connectivity index (χ1n) is 5.96. The van der Waals surface area contributed by atoms with Crippen LogP contribution in [0.5, 0.6) is 0 Å². The number of benzene rings is 1. The molecule has 3 rings (SSSR count). The van der Waals surface area contributed by atoms with Crippen LogP contribution < -0.4 is 0 Å². The van der Waals surface area contributed by atoms with Crippen molar-refractivity contribution >= 4 is 11.8 Å². The van der Waals surface area contributed by atoms with E-state index in [1.807, 2.05) is 0 Å². The van der Waals surface area contributed by atoms with Crippen molar-refractivity contribution in [3.05, 3.63) is 57.9 Å². The van der Waals surface area contributed by atoms with Gasteiger partial charge in [0.1, 0.15) is 0 Å². The fraction of sp³-hybridized carbons (Fsp3) is 0.333. The molecule has 0 fully saturated rings. The molecule has 16 heavy (non-hydrogen) atoms. The van der Waals surface area contributed by atoms with Gasteiger partial charge in [-0.25, -0.2) is 0 Å². The maximum atomic E-state index is 2.42. The topological polar surface area (TPSA) is 0 Å². The number of aryl methyl sites for hydroxylation is 1. The molecule has 1 aliphatic heterocycles. The molecule has 0 amide bonds. The van der Waals surface area contributed by atoms with Gasteiger partial charge in [0.2, 0.25) is 0 Å². The first-order valence-corrected chi connectivity index (χ1v) is 6.90. The summed E-state index contributed by atoms with van der Waals surface area (Å²) in [5.41, 5.74) is 4.59. The monoisotopic (exact) mass is 228 g/mol. The van der Waals surface area contributed by atoms with Crippen molar-refractivity contribution in [1.29, 1.82) is 0 Å². The van der Waals surface area contributed by atoms with E-state index in [4.69, 9.17) is 0 Å². The Morgan fingerprint density at radius 3 is 2.81 bits per heavy atom. The molecule has 0 saturated carbocycles. The third-order valence-corrected chi connectivity index (χ3v) is 4.29. The van der Waals surface area contributed by atoms with Crippen LogP contribution in [0.3, 0.4) is 0 Å². The van der Waals surface area contributed by atoms with Crippen LogP contribution in [0.15, 0.2) is 41.2 Å². The summed E-state index contributed by atoms with van der Waals surface area (Å²) in [6.45, 7) is 2.35. The summed E-state index contributed by atoms with van der Waals surface area (Å²) in [7, 11) is 0. The minimum Gasteiger partial charge on any atom is -0.107 e. The molecule has 2 aliphatic rings. The van der Waals surface area contributed by atoms with Crippen LogP contribution in [-0.2, 0) is 6.42 Å². The van der Waals surface area contributed by atoms with Gasteiger partial charge in [0.05, 0.1) is 0 Å². The summed E-state index contributed by atoms with van der Waals surface area (Å²) < 4.78 is 0. The molecule has 0 spiro atoms. The molecule has 1 aliphatic carbocycles. The van der Waals surface area contributed by atoms with E-state index < -0.39 is 0 Å². The van der Waals surface area contributed by atoms with E-state index >= 15 is 0 Å². The predicted molar refractivity (Wildman–Crippen MR) is 71.8 cm³/mol. The maximum absolute atomic E-state index is 2.42. The van der Waals surface area contributed by atoms with Crippen molar-refractivity contribution in [2.45, 2.75) is 31.6 Å². The molecule has 1 aromatic carbocycles. The van der Waals surface area contributed by atoms with Crippen LogP contribution in [0, 0.1) is 0 Å². The zero-order valence-electron chi connectivity index (χ0n) is 9.52. The normalized spacial score (nSPS) is 23.7. The van der Waals surface area contributed by atoms with E-state index in [-0.39, 0.29) is 0 Å². The van der Waals surface area contributed by atoms with Gasteiger partial charge in [0.15, 0.2) is 0 Å². The molecule has 0 N–H and O–H groups in total. The fourth-order valence-corrected chi connectivity index (χ4v) is 3.24. The van der Waals surface area contributed by atoms with Gasteiger partial charge in [0.25, 0.3) is 0 Å². The Hall–Kier alpha value is -0.950. The highest BCUT2D eigenvalue weighted by molar-refractivity contribution is 8.04. The number of thioether (sulfide) groups is 1. The Labute approximate surface area is 101 Å². The highest BCUT2D eigenvalue weighted by Crippen LogP contribution is 2.35. The largest absolute Gasteiger partial charge is 0.107 e. The van der Waals surface area contributed by atoms with Crippen LogP contribution in [0.25, 0.3) is 0 Å². The van der Waals surface area contributed by atoms with Crippen LogP contribution >= 0.6 is 11.8 Å². The molecule has 0 unspecified atom stereocenters. The molecular weight excluding hydrogens is 212 g/mol. The SMILES string of the molecule is C[C@@H]1CCc2ccc(C3C=CSC=C3)cc21. The van der Waals surface area contributed by atoms with Gasteiger partial charge >= 0.3 is 0 Å². The number of fused-ring (bicyclic) bond motifs is 1. The predicted octanol–water partition coefficient (Wildman–Crippen LogP) is 4.59. The minimum absolute atomic E-state index is 0.486. The van der Waals surface area contributed by atoms with Gasteiger partial charge in [-0.2, -0.15) is 0 Å². The molecule has 0 bridgehead atoms. The van der Waals surface area contributed by atoms with E-state index in [1.165, 1.54) is 18.4 Å². The molecule has 1 aromatic rings. The van der Waals surface area contributed by atoms with E-state index in [1.54, 1.807) is 22.9 Å². The lowest BCUT2D eigenvalue weighted by molar-refractivity contribution is 0.746. The second kappa shape index (κ2) is 4.14. The van der Waals surface area contributed by atoms with Crippen molar-refractivity contribution in [2.75, 3.05) is 0 Å². The summed E-state index contributed by atoms with van der Waals surface area (Å²) in [6.07, 6.45) is 7.16. The third kappa shape index (κ3) is 1.73. The third-order valence-electron chi connectivity index (χ3n) is 3.66. The molecule has 82 valence electrons. The summed E-state index contributed by atoms with van der Waals surface area (Å²) in [6, 6.07) is 7.05. The van der Waals surface area contributed by atoms with Gasteiger partial charge in [-0.3, -0.25) is 0 Å². The summed E-state index contributed by atoms with van der Waals surface area (Å²) in [5, 5.41) is 4.36. The second-order valence-electron chi connectivity index (χ2n) is 4.72. The van der Waals surface area contributed by atoms with Crippen molar-refractivity contribution in [3.63, 3.8) is 0 Å². The molecular formula is C15H16S. The zero-order valence-corrected chi connectivity index (χ0v) is 10.3. The number of hydrogen-bond acceptors (Lipinski definition) is 1. The minimum atomic E-state index is 0.486. The molecule has 1 heteroatoms. The van der Waals surface area contributed by atoms with Gasteiger partial charge in [0, 0.05) is 5.92 Å². The number of rotatable bonds is 1. The van der Waals surface area contributed by atoms with Crippen LogP contribution in [0.4, 0.5) is 0 Å². The Kier molecular flexibility index (Phi) is 2.64. The van der Waals surface area contributed by atoms with Crippen molar-refractivity contribution < 1.29 is 0 Å². The average molecular weight is 228 g/mol. The molecule has 0 aromatic heterocycles. The van der Waals surface area contributed by atoms with Gasteiger partial charge < -0.3 is 0 Å². The lowest BCUT2D eigenvalue weighted by Crippen LogP contribution is -1.96. The average Bonchev–Trinajstić information content (AvgIpc) is 2.72. The van der Waals surface area contributed by atoms with Gasteiger partial charge in [-0.05, 0) is 46.3 Å². The van der Waals surface area contributed by atoms with E-state index in [0.717, 1.165) is 5.92 Å². The highest BCUT2D eigenvalue weighted by Gasteiger charge is 2.19. The first kappa shape index (κ1) is 10.2. The Balaban J connectivity index is 1.97. The Bertz CT molecular complexity index is 445. The fourth-order valence-electron chi connectivity index (χ4n) is 2.63. The Morgan fingerprint density at radius 1 is 1.19 bits per heavy atom. The molecule has 0 saturated heterocycles. The van der Waals surface area contributed by atoms with E-state index in [2.05, 4.69) is 48.1 Å². The second-order valence-corrected chi connectivity index (χ2v) is 5.53. The standard InChI is InChI=1S/C15H16S/c1-11-2-3-13-4-5-14(10-15(11)13)12-6-8-16-9-7-12/h4-12H,2-3H2,1H3/t11-/m1/s1. The Morgan fingerprint density at radius 2 is 2.00 bits per heavy atom. The first-order chi connectivity index (χ1) is 7.84. The lowest BCUT2D eigenvalue weighted by atomic mass is 9.93. The van der Waals surface area contributed by atoms with Crippen LogP contribution in [0.2, 0.25) is 0 Å². The lowest BCUT2D eigenvalue weighted by Gasteiger charge is -2.14. The molecule has 0 nitrogen and oxygen atoms in total. The smallest absolute Gasteiger partial charge is 0.0214 e. The maximum Gasteiger partial charge on any atom is 0.0214 e. The van der Waals surface area contributed by atoms with Crippen molar-refractivity contribution in [1.82, 2.24) is 0 Å². The number of allylic oxidation sites excluding steroid dienone is 2. The molecule has 1 heterocycles. The quantitative estimate of drug-likeness (QED) is 0.677. The van der Waals surface area contributed by atoms with Crippen molar-refractivity contribution in [3.8, 4) is 0 Å². The van der Waals surface area contributed by atoms with E-state index in [0.29, 0.717) is 5.92 Å². The van der Waals surface area contributed by atoms with Gasteiger partial charge in [-0.15, -0.1) is 11.8 Å². The van der Waals surface area contributed by atoms with Crippen LogP contribution in [-0.4, -0.2) is 0 Å². The highest BCUT2D eigenvalue weighted by atomic mass is 32.2. The van der Waals surface area contributed by atoms with E-state index in [9.17, 15) is 0 Å². The van der Waals surface area contributed by atoms with Crippen LogP contribution in [0.1, 0.15) is 41.9 Å². The summed E-state index contributed by atoms with van der Waals surface area (Å²) in [5.74, 6) is 1.24. The molecule has 0 radical (unpaired) electrons. The summed E-state index contributed by atoms with van der Waals surface area (Å²) >= 11 is 1.76.